The second-order valence-corrected chi connectivity index (χ2v) is 22.5. The van der Waals surface area contributed by atoms with Gasteiger partial charge in [-0.25, -0.2) is 4.98 Å². The summed E-state index contributed by atoms with van der Waals surface area (Å²) in [7, 11) is 0. The van der Waals surface area contributed by atoms with Crippen LogP contribution in [0.2, 0.25) is 0 Å². The van der Waals surface area contributed by atoms with Crippen LogP contribution in [0.5, 0.6) is 11.5 Å². The van der Waals surface area contributed by atoms with Crippen molar-refractivity contribution in [3.05, 3.63) is 204 Å². The summed E-state index contributed by atoms with van der Waals surface area (Å²) in [6.07, 6.45) is -0.191. The van der Waals surface area contributed by atoms with Crippen molar-refractivity contribution < 1.29 is 19.8 Å². The molecule has 0 unspecified atom stereocenters. The van der Waals surface area contributed by atoms with E-state index in [4.69, 9.17) is 22.1 Å². The van der Waals surface area contributed by atoms with Crippen molar-refractivity contribution in [2.24, 2.45) is 5.92 Å². The van der Waals surface area contributed by atoms with Crippen LogP contribution >= 0.6 is 0 Å². The molecule has 0 saturated carbocycles. The summed E-state index contributed by atoms with van der Waals surface area (Å²) in [5.74, 6) is 1.40. The number of ether oxygens (including phenoxy) is 1. The molecule has 0 aliphatic carbocycles. The van der Waals surface area contributed by atoms with Gasteiger partial charge in [-0.05, 0) is 126 Å². The highest BCUT2D eigenvalue weighted by Gasteiger charge is 2.29. The van der Waals surface area contributed by atoms with Crippen LogP contribution in [0.25, 0.3) is 82.1 Å². The smallest absolute Gasteiger partial charge is 0.137 e. The Morgan fingerprint density at radius 1 is 0.533 bits per heavy atom. The van der Waals surface area contributed by atoms with Gasteiger partial charge in [-0.3, -0.25) is 4.57 Å². The molecule has 0 amide bonds. The largest absolute Gasteiger partial charge is 0.457 e. The fourth-order valence-electron chi connectivity index (χ4n) is 11.2. The zero-order chi connectivity index (χ0) is 61.4. The first-order valence-corrected chi connectivity index (χ1v) is 25.9. The Kier molecular flexibility index (Phi) is 8.82. The van der Waals surface area contributed by atoms with Crippen molar-refractivity contribution in [1.82, 2.24) is 14.1 Å². The lowest BCUT2D eigenvalue weighted by atomic mass is 9.78. The lowest BCUT2D eigenvalue weighted by Gasteiger charge is -2.27. The van der Waals surface area contributed by atoms with E-state index >= 15 is 0 Å². The quantitative estimate of drug-likeness (QED) is 0.160. The standard InChI is InChI=1S/C70H68N4O/c1-44(2)36-45-30-32-60-56-25-15-13-23-54(56)53-22-12-14-24-55(53)59-27-19-29-62-66(59)73(67(60)65(45)46-37-48(69(6,7)8)39-49(38-46)70(9,10)11)43-72(62)50-20-18-21-51(41-50)75-52-31-33-58-57-26-16-17-28-61(57)74(63(58)42-52)64-40-47(34-35-71-64)68(3,4)5/h12-35,37-42,44H,36,43H2,1-11H3/i6D3,7D3,8D3,36D2. The van der Waals surface area contributed by atoms with Crippen LogP contribution in [-0.4, -0.2) is 14.1 Å². The van der Waals surface area contributed by atoms with Crippen LogP contribution in [0.1, 0.15) is 113 Å². The number of hydrogen-bond acceptors (Lipinski definition) is 3. The predicted molar refractivity (Wildman–Crippen MR) is 319 cm³/mol. The summed E-state index contributed by atoms with van der Waals surface area (Å²) in [5, 5.41) is 7.43. The maximum absolute atomic E-state index is 10.1. The first-order chi connectivity index (χ1) is 40.4. The number of anilines is 2. The number of pyridine rings is 1. The lowest BCUT2D eigenvalue weighted by Crippen LogP contribution is -2.17. The highest BCUT2D eigenvalue weighted by Crippen LogP contribution is 2.47. The Labute approximate surface area is 457 Å². The Morgan fingerprint density at radius 3 is 1.80 bits per heavy atom. The number of aromatic nitrogens is 3. The third-order valence-corrected chi connectivity index (χ3v) is 14.8. The molecule has 0 saturated heterocycles. The number of para-hydroxylation sites is 2. The molecule has 75 heavy (non-hydrogen) atoms. The number of benzene rings is 8. The second-order valence-electron chi connectivity index (χ2n) is 22.5. The SMILES string of the molecule is [2H]C([2H])(c1ccc2c3ccccc3c3ccccc3c3cccc4c3n(c2c1-c1cc(C(C)(C)C)cc(C(C([2H])([2H])[2H])(C([2H])([2H])[2H])C([2H])([2H])[2H])c1)CN4c1cccc(Oc2ccc3c4ccccc4n(-c4cc(C(C)(C)C)ccn4)c3c2)c1)C(C)C. The zero-order valence-corrected chi connectivity index (χ0v) is 43.8. The van der Waals surface area contributed by atoms with Gasteiger partial charge in [-0.2, -0.15) is 0 Å². The average molecular weight is 992 g/mol. The summed E-state index contributed by atoms with van der Waals surface area (Å²) in [6, 6.07) is 57.6. The monoisotopic (exact) mass is 992 g/mol. The van der Waals surface area contributed by atoms with Gasteiger partial charge < -0.3 is 14.2 Å². The molecule has 0 atom stereocenters. The second kappa shape index (κ2) is 17.9. The first-order valence-electron chi connectivity index (χ1n) is 31.4. The lowest BCUT2D eigenvalue weighted by molar-refractivity contribution is 0.483. The Balaban J connectivity index is 1.14. The minimum absolute atomic E-state index is 0.0989. The van der Waals surface area contributed by atoms with Crippen LogP contribution in [0, 0.1) is 5.92 Å². The molecule has 3 aromatic heterocycles. The third kappa shape index (κ3) is 8.47. The summed E-state index contributed by atoms with van der Waals surface area (Å²) in [5.41, 5.74) is 2.87. The van der Waals surface area contributed by atoms with E-state index in [2.05, 4.69) is 102 Å². The van der Waals surface area contributed by atoms with Crippen molar-refractivity contribution in [3.63, 3.8) is 0 Å². The number of rotatable bonds is 7. The molecule has 11 aromatic rings. The fourth-order valence-corrected chi connectivity index (χ4v) is 11.2. The van der Waals surface area contributed by atoms with Crippen LogP contribution in [0.15, 0.2) is 182 Å². The molecule has 0 spiro atoms. The van der Waals surface area contributed by atoms with Crippen LogP contribution in [-0.2, 0) is 29.3 Å². The Morgan fingerprint density at radius 2 is 1.12 bits per heavy atom. The van der Waals surface area contributed by atoms with Gasteiger partial charge in [-0.1, -0.05) is 191 Å². The van der Waals surface area contributed by atoms with Crippen molar-refractivity contribution in [3.8, 4) is 28.4 Å². The molecule has 0 bridgehead atoms. The fraction of sp³-hybridized carbons (Fsp3) is 0.243. The van der Waals surface area contributed by atoms with Gasteiger partial charge in [0.1, 0.15) is 24.0 Å². The molecule has 1 aliphatic rings. The van der Waals surface area contributed by atoms with E-state index in [1.165, 1.54) is 12.1 Å². The van der Waals surface area contributed by atoms with Crippen molar-refractivity contribution in [2.45, 2.75) is 105 Å². The highest BCUT2D eigenvalue weighted by molar-refractivity contribution is 6.22. The van der Waals surface area contributed by atoms with Gasteiger partial charge in [0, 0.05) is 66.2 Å². The zero-order valence-electron chi connectivity index (χ0n) is 54.8. The highest BCUT2D eigenvalue weighted by atomic mass is 16.5. The summed E-state index contributed by atoms with van der Waals surface area (Å²) in [6.45, 7) is 5.39. The molecule has 0 radical (unpaired) electrons. The van der Waals surface area contributed by atoms with E-state index in [0.29, 0.717) is 28.1 Å². The van der Waals surface area contributed by atoms with E-state index in [0.717, 1.165) is 82.4 Å². The van der Waals surface area contributed by atoms with Crippen molar-refractivity contribution in [1.29, 1.82) is 0 Å². The molecule has 1 aliphatic heterocycles. The molecule has 8 aromatic carbocycles. The van der Waals surface area contributed by atoms with Gasteiger partial charge in [-0.15, -0.1) is 0 Å². The molecule has 5 heteroatoms. The molecular formula is C70H68N4O. The van der Waals surface area contributed by atoms with Gasteiger partial charge in [0.25, 0.3) is 0 Å². The number of nitrogens with zero attached hydrogens (tertiary/aromatic N) is 4. The van der Waals surface area contributed by atoms with Crippen molar-refractivity contribution in [2.75, 3.05) is 4.90 Å². The van der Waals surface area contributed by atoms with E-state index in [9.17, 15) is 2.74 Å². The molecule has 4 heterocycles. The maximum atomic E-state index is 10.1. The molecule has 374 valence electrons. The first kappa shape index (κ1) is 36.9. The predicted octanol–water partition coefficient (Wildman–Crippen LogP) is 19.4. The van der Waals surface area contributed by atoms with Crippen LogP contribution < -0.4 is 9.64 Å². The van der Waals surface area contributed by atoms with Crippen LogP contribution in [0.4, 0.5) is 11.4 Å². The summed E-state index contributed by atoms with van der Waals surface area (Å²) < 4.78 is 112. The summed E-state index contributed by atoms with van der Waals surface area (Å²) >= 11 is 0. The van der Waals surface area contributed by atoms with Gasteiger partial charge >= 0.3 is 0 Å². The van der Waals surface area contributed by atoms with E-state index < -0.39 is 49.2 Å². The van der Waals surface area contributed by atoms with Gasteiger partial charge in [0.05, 0.1) is 27.8 Å². The molecule has 12 rings (SSSR count). The van der Waals surface area contributed by atoms with E-state index in [-0.39, 0.29) is 23.2 Å². The molecule has 5 nitrogen and oxygen atoms in total. The van der Waals surface area contributed by atoms with E-state index in [1.54, 1.807) is 19.9 Å². The van der Waals surface area contributed by atoms with Gasteiger partial charge in [0.15, 0.2) is 0 Å². The maximum Gasteiger partial charge on any atom is 0.137 e. The van der Waals surface area contributed by atoms with Crippen molar-refractivity contribution >= 4 is 76.5 Å². The van der Waals surface area contributed by atoms with Crippen LogP contribution in [0.3, 0.4) is 0 Å². The third-order valence-electron chi connectivity index (χ3n) is 14.8. The van der Waals surface area contributed by atoms with E-state index in [1.807, 2.05) is 118 Å². The average Bonchev–Trinajstić information content (AvgIpc) is 0.950. The topological polar surface area (TPSA) is 35.2 Å². The minimum Gasteiger partial charge on any atom is -0.457 e. The molecular weight excluding hydrogens is 913 g/mol. The Hall–Kier alpha value is -7.89. The Bertz CT molecular complexity index is 4570. The number of hydrogen-bond donors (Lipinski definition) is 0. The molecule has 0 N–H and O–H groups in total. The summed E-state index contributed by atoms with van der Waals surface area (Å²) in [4.78, 5) is 7.10. The number of fused-ring (bicyclic) bond motifs is 10. The molecule has 0 fully saturated rings. The normalized spacial score (nSPS) is 16.0. The minimum atomic E-state index is -3.56. The van der Waals surface area contributed by atoms with Gasteiger partial charge in [0.2, 0.25) is 0 Å².